The van der Waals surface area contributed by atoms with Crippen molar-refractivity contribution in [2.24, 2.45) is 0 Å². The van der Waals surface area contributed by atoms with Crippen LogP contribution in [0.15, 0.2) is 54.6 Å². The van der Waals surface area contributed by atoms with Crippen LogP contribution in [0.4, 0.5) is 0 Å². The summed E-state index contributed by atoms with van der Waals surface area (Å²) >= 11 is 0. The second-order valence-corrected chi connectivity index (χ2v) is 7.30. The highest BCUT2D eigenvalue weighted by molar-refractivity contribution is 6.00. The number of aryl methyl sites for hydroxylation is 1. The molecule has 0 unspecified atom stereocenters. The van der Waals surface area contributed by atoms with E-state index in [4.69, 9.17) is 9.47 Å². The normalized spacial score (nSPS) is 10.7. The quantitative estimate of drug-likeness (QED) is 0.505. The number of esters is 1. The predicted octanol–water partition coefficient (Wildman–Crippen LogP) is 4.32. The van der Waals surface area contributed by atoms with Crippen LogP contribution in [0.1, 0.15) is 55.7 Å². The molecule has 1 aromatic heterocycles. The van der Waals surface area contributed by atoms with Gasteiger partial charge in [-0.15, -0.1) is 0 Å². The van der Waals surface area contributed by atoms with Gasteiger partial charge in [-0.1, -0.05) is 61.5 Å². The molecule has 1 heterocycles. The Morgan fingerprint density at radius 2 is 1.65 bits per heavy atom. The molecule has 0 atom stereocenters. The molecular weight excluding hydrogens is 392 g/mol. The number of aromatic nitrogens is 1. The van der Waals surface area contributed by atoms with Gasteiger partial charge in [0.25, 0.3) is 5.91 Å². The Bertz CT molecular complexity index is 1040. The molecular formula is C25H28N2O4. The van der Waals surface area contributed by atoms with Crippen LogP contribution in [-0.4, -0.2) is 24.0 Å². The number of hydrogen-bond donors (Lipinski definition) is 2. The second kappa shape index (κ2) is 10.6. The molecule has 0 aliphatic rings. The zero-order valence-corrected chi connectivity index (χ0v) is 18.2. The van der Waals surface area contributed by atoms with Crippen LogP contribution in [-0.2, 0) is 35.7 Å². The Hall–Kier alpha value is -3.38. The van der Waals surface area contributed by atoms with Gasteiger partial charge in [0, 0.05) is 12.2 Å². The highest BCUT2D eigenvalue weighted by Gasteiger charge is 2.23. The first-order valence-corrected chi connectivity index (χ1v) is 10.3. The maximum Gasteiger partial charge on any atom is 0.339 e. The maximum atomic E-state index is 12.7. The Morgan fingerprint density at radius 1 is 0.968 bits per heavy atom. The molecule has 0 aliphatic carbocycles. The van der Waals surface area contributed by atoms with Crippen LogP contribution in [0.5, 0.6) is 0 Å². The summed E-state index contributed by atoms with van der Waals surface area (Å²) in [7, 11) is 1.34. The maximum absolute atomic E-state index is 12.7. The Labute approximate surface area is 182 Å². The Balaban J connectivity index is 1.60. The number of hydrogen-bond acceptors (Lipinski definition) is 4. The van der Waals surface area contributed by atoms with E-state index < -0.39 is 5.97 Å². The lowest BCUT2D eigenvalue weighted by molar-refractivity contribution is 0.0599. The van der Waals surface area contributed by atoms with Crippen molar-refractivity contribution in [3.05, 3.63) is 93.8 Å². The van der Waals surface area contributed by atoms with E-state index >= 15 is 0 Å². The molecule has 1 amide bonds. The number of aromatic amines is 1. The average Bonchev–Trinajstić information content (AvgIpc) is 3.14. The molecule has 2 N–H and O–H groups in total. The van der Waals surface area contributed by atoms with E-state index in [-0.39, 0.29) is 5.91 Å². The van der Waals surface area contributed by atoms with Gasteiger partial charge in [0.2, 0.25) is 0 Å². The number of carbonyl (C=O) groups excluding carboxylic acids is 2. The van der Waals surface area contributed by atoms with Crippen LogP contribution in [0.3, 0.4) is 0 Å². The van der Waals surface area contributed by atoms with Crippen molar-refractivity contribution in [1.82, 2.24) is 10.3 Å². The molecule has 2 aromatic carbocycles. The van der Waals surface area contributed by atoms with Crippen molar-refractivity contribution in [2.45, 2.75) is 40.0 Å². The van der Waals surface area contributed by atoms with Gasteiger partial charge in [-0.3, -0.25) is 4.79 Å². The van der Waals surface area contributed by atoms with E-state index in [0.29, 0.717) is 48.7 Å². The molecule has 6 nitrogen and oxygen atoms in total. The van der Waals surface area contributed by atoms with Gasteiger partial charge in [-0.2, -0.15) is 0 Å². The number of rotatable bonds is 9. The number of H-pyrrole nitrogens is 1. The summed E-state index contributed by atoms with van der Waals surface area (Å²) in [6, 6.07) is 18.0. The lowest BCUT2D eigenvalue weighted by Crippen LogP contribution is -2.24. The van der Waals surface area contributed by atoms with Gasteiger partial charge in [-0.25, -0.2) is 4.79 Å². The van der Waals surface area contributed by atoms with Crippen molar-refractivity contribution in [3.8, 4) is 0 Å². The van der Waals surface area contributed by atoms with E-state index in [9.17, 15) is 9.59 Å². The number of methoxy groups -OCH3 is 1. The number of benzene rings is 2. The molecule has 162 valence electrons. The van der Waals surface area contributed by atoms with Crippen molar-refractivity contribution in [3.63, 3.8) is 0 Å². The Morgan fingerprint density at radius 3 is 2.35 bits per heavy atom. The average molecular weight is 421 g/mol. The standard InChI is InChI=1S/C25H28N2O4/c1-4-21-22(25(29)30-3)17(2)23(27-21)24(28)26-14-19-11-8-12-20(13-19)16-31-15-18-9-6-5-7-10-18/h5-13,27H,4,14-16H2,1-3H3,(H,26,28). The molecule has 0 spiro atoms. The van der Waals surface area contributed by atoms with E-state index in [1.165, 1.54) is 7.11 Å². The summed E-state index contributed by atoms with van der Waals surface area (Å²) in [6.07, 6.45) is 0.601. The summed E-state index contributed by atoms with van der Waals surface area (Å²) in [5, 5.41) is 2.92. The molecule has 3 aromatic rings. The minimum atomic E-state index is -0.437. The zero-order chi connectivity index (χ0) is 22.2. The monoisotopic (exact) mass is 420 g/mol. The van der Waals surface area contributed by atoms with Crippen LogP contribution in [0.2, 0.25) is 0 Å². The second-order valence-electron chi connectivity index (χ2n) is 7.30. The molecule has 31 heavy (non-hydrogen) atoms. The topological polar surface area (TPSA) is 80.4 Å². The fourth-order valence-electron chi connectivity index (χ4n) is 3.49. The predicted molar refractivity (Wildman–Crippen MR) is 119 cm³/mol. The van der Waals surface area contributed by atoms with Gasteiger partial charge in [0.05, 0.1) is 25.9 Å². The summed E-state index contributed by atoms with van der Waals surface area (Å²) < 4.78 is 10.6. The van der Waals surface area contributed by atoms with Gasteiger partial charge >= 0.3 is 5.97 Å². The summed E-state index contributed by atoms with van der Waals surface area (Å²) in [5.41, 5.74) is 5.27. The van der Waals surface area contributed by atoms with Crippen LogP contribution in [0.25, 0.3) is 0 Å². The van der Waals surface area contributed by atoms with E-state index in [0.717, 1.165) is 16.7 Å². The van der Waals surface area contributed by atoms with Gasteiger partial charge in [0.15, 0.2) is 0 Å². The molecule has 0 radical (unpaired) electrons. The SMILES string of the molecule is CCc1[nH]c(C(=O)NCc2cccc(COCc3ccccc3)c2)c(C)c1C(=O)OC. The fraction of sp³-hybridized carbons (Fsp3) is 0.280. The fourth-order valence-corrected chi connectivity index (χ4v) is 3.49. The summed E-state index contributed by atoms with van der Waals surface area (Å²) in [5.74, 6) is -0.694. The zero-order valence-electron chi connectivity index (χ0n) is 18.2. The third kappa shape index (κ3) is 5.61. The largest absolute Gasteiger partial charge is 0.465 e. The van der Waals surface area contributed by atoms with Crippen molar-refractivity contribution >= 4 is 11.9 Å². The number of ether oxygens (including phenoxy) is 2. The van der Waals surface area contributed by atoms with Gasteiger partial charge in [0.1, 0.15) is 5.69 Å². The number of nitrogens with one attached hydrogen (secondary N) is 2. The third-order valence-electron chi connectivity index (χ3n) is 5.12. The first kappa shape index (κ1) is 22.3. The first-order chi connectivity index (χ1) is 15.0. The number of carbonyl (C=O) groups is 2. The van der Waals surface area contributed by atoms with Crippen molar-refractivity contribution in [1.29, 1.82) is 0 Å². The lowest BCUT2D eigenvalue weighted by Gasteiger charge is -2.08. The third-order valence-corrected chi connectivity index (χ3v) is 5.12. The summed E-state index contributed by atoms with van der Waals surface area (Å²) in [6.45, 7) is 5.09. The number of amides is 1. The van der Waals surface area contributed by atoms with Crippen LogP contribution < -0.4 is 5.32 Å². The molecule has 0 bridgehead atoms. The molecule has 0 aliphatic heterocycles. The van der Waals surface area contributed by atoms with Crippen LogP contribution in [0, 0.1) is 6.92 Å². The molecule has 0 fully saturated rings. The summed E-state index contributed by atoms with van der Waals surface area (Å²) in [4.78, 5) is 27.9. The molecule has 3 rings (SSSR count). The minimum Gasteiger partial charge on any atom is -0.465 e. The lowest BCUT2D eigenvalue weighted by atomic mass is 10.1. The van der Waals surface area contributed by atoms with E-state index in [1.54, 1.807) is 6.92 Å². The van der Waals surface area contributed by atoms with E-state index in [2.05, 4.69) is 10.3 Å². The van der Waals surface area contributed by atoms with Crippen LogP contribution >= 0.6 is 0 Å². The highest BCUT2D eigenvalue weighted by Crippen LogP contribution is 2.20. The molecule has 0 saturated carbocycles. The van der Waals surface area contributed by atoms with E-state index in [1.807, 2.05) is 61.5 Å². The van der Waals surface area contributed by atoms with Crippen molar-refractivity contribution in [2.75, 3.05) is 7.11 Å². The first-order valence-electron chi connectivity index (χ1n) is 10.3. The highest BCUT2D eigenvalue weighted by atomic mass is 16.5. The molecule has 6 heteroatoms. The minimum absolute atomic E-state index is 0.256. The smallest absolute Gasteiger partial charge is 0.339 e. The molecule has 0 saturated heterocycles. The van der Waals surface area contributed by atoms with Gasteiger partial charge < -0.3 is 19.8 Å². The Kier molecular flexibility index (Phi) is 7.62. The van der Waals surface area contributed by atoms with Crippen molar-refractivity contribution < 1.29 is 19.1 Å². The van der Waals surface area contributed by atoms with Gasteiger partial charge in [-0.05, 0) is 35.6 Å².